The first-order chi connectivity index (χ1) is 17.0. The Hall–Kier alpha value is -3.92. The highest BCUT2D eigenvalue weighted by atomic mass is 16.4. The van der Waals surface area contributed by atoms with Crippen LogP contribution in [-0.4, -0.2) is 57.4 Å². The van der Waals surface area contributed by atoms with Crippen molar-refractivity contribution in [3.63, 3.8) is 0 Å². The number of nitrogens with one attached hydrogen (secondary N) is 3. The summed E-state index contributed by atoms with van der Waals surface area (Å²) in [5.41, 5.74) is 1.89. The molecule has 3 unspecified atom stereocenters. The molecule has 194 valence electrons. The maximum Gasteiger partial charge on any atom is 0.334 e. The Morgan fingerprint density at radius 2 is 1.58 bits per heavy atom. The molecule has 0 spiro atoms. The molecule has 0 heterocycles. The SMILES string of the molecule is CCc1ccc(C(=O)NC(Cc2ccccc2)C(O)C(=O)O)cc1NC(=O)NC(CC(C)C)C(=O)O. The van der Waals surface area contributed by atoms with E-state index in [2.05, 4.69) is 16.0 Å². The number of urea groups is 1. The molecule has 6 N–H and O–H groups in total. The summed E-state index contributed by atoms with van der Waals surface area (Å²) in [5.74, 6) is -3.20. The standard InChI is InChI=1S/C26H33N3O7/c1-4-17-10-11-18(14-19(17)28-26(36)29-21(24(32)33)12-15(2)3)23(31)27-20(22(30)25(34)35)13-16-8-6-5-7-9-16/h5-11,14-15,20-22,30H,4,12-13H2,1-3H3,(H,27,31)(H,32,33)(H,34,35)(H2,28,29,36). The topological polar surface area (TPSA) is 165 Å². The normalized spacial score (nSPS) is 13.4. The van der Waals surface area contributed by atoms with E-state index in [1.165, 1.54) is 12.1 Å². The highest BCUT2D eigenvalue weighted by molar-refractivity contribution is 5.98. The van der Waals surface area contributed by atoms with Gasteiger partial charge in [-0.1, -0.05) is 57.2 Å². The molecule has 3 atom stereocenters. The molecule has 0 radical (unpaired) electrons. The number of benzene rings is 2. The fourth-order valence-electron chi connectivity index (χ4n) is 3.69. The molecule has 0 saturated heterocycles. The number of hydrogen-bond acceptors (Lipinski definition) is 5. The first-order valence-electron chi connectivity index (χ1n) is 11.7. The third kappa shape index (κ3) is 8.38. The van der Waals surface area contributed by atoms with E-state index >= 15 is 0 Å². The monoisotopic (exact) mass is 499 g/mol. The molecule has 3 amide bonds. The van der Waals surface area contributed by atoms with Gasteiger partial charge in [0.15, 0.2) is 6.10 Å². The fourth-order valence-corrected chi connectivity index (χ4v) is 3.69. The van der Waals surface area contributed by atoms with E-state index in [9.17, 15) is 34.5 Å². The van der Waals surface area contributed by atoms with Crippen LogP contribution in [0.25, 0.3) is 0 Å². The van der Waals surface area contributed by atoms with Crippen molar-refractivity contribution in [1.82, 2.24) is 10.6 Å². The van der Waals surface area contributed by atoms with Crippen LogP contribution in [0.4, 0.5) is 10.5 Å². The van der Waals surface area contributed by atoms with Crippen LogP contribution in [0.15, 0.2) is 48.5 Å². The molecule has 2 aromatic carbocycles. The number of aliphatic hydroxyl groups is 1. The molecular formula is C26H33N3O7. The third-order valence-electron chi connectivity index (χ3n) is 5.56. The second-order valence-corrected chi connectivity index (χ2v) is 8.90. The largest absolute Gasteiger partial charge is 0.480 e. The number of aryl methyl sites for hydroxylation is 1. The number of carboxylic acids is 2. The maximum absolute atomic E-state index is 13.0. The Labute approximate surface area is 209 Å². The lowest BCUT2D eigenvalue weighted by Crippen LogP contribution is -2.48. The van der Waals surface area contributed by atoms with E-state index in [0.717, 1.165) is 5.56 Å². The van der Waals surface area contributed by atoms with Crippen molar-refractivity contribution in [2.45, 2.75) is 58.2 Å². The van der Waals surface area contributed by atoms with Gasteiger partial charge in [0.2, 0.25) is 0 Å². The summed E-state index contributed by atoms with van der Waals surface area (Å²) < 4.78 is 0. The van der Waals surface area contributed by atoms with Crippen molar-refractivity contribution in [3.05, 3.63) is 65.2 Å². The van der Waals surface area contributed by atoms with Gasteiger partial charge in [-0.2, -0.15) is 0 Å². The van der Waals surface area contributed by atoms with Crippen molar-refractivity contribution in [2.24, 2.45) is 5.92 Å². The smallest absolute Gasteiger partial charge is 0.334 e. The summed E-state index contributed by atoms with van der Waals surface area (Å²) in [6, 6.07) is 10.6. The Morgan fingerprint density at radius 1 is 0.917 bits per heavy atom. The van der Waals surface area contributed by atoms with Crippen LogP contribution < -0.4 is 16.0 Å². The van der Waals surface area contributed by atoms with E-state index < -0.39 is 42.1 Å². The van der Waals surface area contributed by atoms with Gasteiger partial charge in [-0.05, 0) is 48.4 Å². The van der Waals surface area contributed by atoms with Crippen LogP contribution in [0, 0.1) is 5.92 Å². The maximum atomic E-state index is 13.0. The Balaban J connectivity index is 2.21. The molecule has 0 fully saturated rings. The minimum Gasteiger partial charge on any atom is -0.480 e. The van der Waals surface area contributed by atoms with Gasteiger partial charge in [0, 0.05) is 11.3 Å². The molecule has 2 aromatic rings. The molecule has 0 bridgehead atoms. The third-order valence-corrected chi connectivity index (χ3v) is 5.56. The van der Waals surface area contributed by atoms with Gasteiger partial charge in [-0.15, -0.1) is 0 Å². The van der Waals surface area contributed by atoms with Gasteiger partial charge >= 0.3 is 18.0 Å². The van der Waals surface area contributed by atoms with Crippen molar-refractivity contribution < 1.29 is 34.5 Å². The number of carbonyl (C=O) groups is 4. The van der Waals surface area contributed by atoms with Crippen LogP contribution in [0.5, 0.6) is 0 Å². The second kappa shape index (κ2) is 13.2. The number of hydrogen-bond donors (Lipinski definition) is 6. The van der Waals surface area contributed by atoms with Crippen LogP contribution in [0.1, 0.15) is 48.7 Å². The predicted molar refractivity (Wildman–Crippen MR) is 134 cm³/mol. The fraction of sp³-hybridized carbons (Fsp3) is 0.385. The molecule has 10 nitrogen and oxygen atoms in total. The molecule has 0 saturated carbocycles. The number of aliphatic carboxylic acids is 2. The minimum atomic E-state index is -1.83. The molecular weight excluding hydrogens is 466 g/mol. The Kier molecular flexibility index (Phi) is 10.4. The van der Waals surface area contributed by atoms with E-state index in [-0.39, 0.29) is 24.3 Å². The van der Waals surface area contributed by atoms with Gasteiger partial charge in [-0.25, -0.2) is 14.4 Å². The number of aliphatic hydroxyl groups excluding tert-OH is 1. The highest BCUT2D eigenvalue weighted by Gasteiger charge is 2.28. The van der Waals surface area contributed by atoms with Crippen LogP contribution >= 0.6 is 0 Å². The Bertz CT molecular complexity index is 1070. The van der Waals surface area contributed by atoms with Crippen molar-refractivity contribution >= 4 is 29.6 Å². The van der Waals surface area contributed by atoms with E-state index in [4.69, 9.17) is 0 Å². The average molecular weight is 500 g/mol. The number of carboxylic acid groups (broad SMARTS) is 2. The van der Waals surface area contributed by atoms with Gasteiger partial charge in [0.1, 0.15) is 6.04 Å². The first-order valence-corrected chi connectivity index (χ1v) is 11.7. The minimum absolute atomic E-state index is 0.0506. The number of rotatable bonds is 12. The number of amides is 3. The zero-order valence-electron chi connectivity index (χ0n) is 20.5. The molecule has 0 aliphatic carbocycles. The second-order valence-electron chi connectivity index (χ2n) is 8.90. The lowest BCUT2D eigenvalue weighted by atomic mass is 10.00. The van der Waals surface area contributed by atoms with Crippen LogP contribution in [0.3, 0.4) is 0 Å². The van der Waals surface area contributed by atoms with Crippen LogP contribution in [0.2, 0.25) is 0 Å². The van der Waals surface area contributed by atoms with Crippen molar-refractivity contribution in [3.8, 4) is 0 Å². The van der Waals surface area contributed by atoms with Gasteiger partial charge in [0.05, 0.1) is 6.04 Å². The summed E-state index contributed by atoms with van der Waals surface area (Å²) in [5, 5.41) is 36.4. The van der Waals surface area contributed by atoms with Gasteiger partial charge in [-0.3, -0.25) is 4.79 Å². The summed E-state index contributed by atoms with van der Waals surface area (Å²) in [7, 11) is 0. The van der Waals surface area contributed by atoms with Crippen LogP contribution in [-0.2, 0) is 22.4 Å². The summed E-state index contributed by atoms with van der Waals surface area (Å²) in [6.45, 7) is 5.55. The lowest BCUT2D eigenvalue weighted by molar-refractivity contribution is -0.148. The summed E-state index contributed by atoms with van der Waals surface area (Å²) >= 11 is 0. The molecule has 2 rings (SSSR count). The predicted octanol–water partition coefficient (Wildman–Crippen LogP) is 2.66. The lowest BCUT2D eigenvalue weighted by Gasteiger charge is -2.22. The Morgan fingerprint density at radius 3 is 2.14 bits per heavy atom. The summed E-state index contributed by atoms with van der Waals surface area (Å²) in [6.07, 6.45) is -0.963. The number of carbonyl (C=O) groups excluding carboxylic acids is 2. The average Bonchev–Trinajstić information content (AvgIpc) is 2.82. The van der Waals surface area contributed by atoms with E-state index in [0.29, 0.717) is 17.7 Å². The molecule has 36 heavy (non-hydrogen) atoms. The van der Waals surface area contributed by atoms with Crippen molar-refractivity contribution in [2.75, 3.05) is 5.32 Å². The van der Waals surface area contributed by atoms with E-state index in [1.807, 2.05) is 20.8 Å². The van der Waals surface area contributed by atoms with Gasteiger partial charge < -0.3 is 31.3 Å². The first kappa shape index (κ1) is 28.3. The highest BCUT2D eigenvalue weighted by Crippen LogP contribution is 2.20. The zero-order chi connectivity index (χ0) is 26.8. The molecule has 0 aliphatic heterocycles. The summed E-state index contributed by atoms with van der Waals surface area (Å²) in [4.78, 5) is 48.4. The molecule has 0 aromatic heterocycles. The molecule has 10 heteroatoms. The zero-order valence-corrected chi connectivity index (χ0v) is 20.5. The quantitative estimate of drug-likeness (QED) is 0.261. The van der Waals surface area contributed by atoms with Gasteiger partial charge in [0.25, 0.3) is 5.91 Å². The van der Waals surface area contributed by atoms with E-state index in [1.54, 1.807) is 36.4 Å². The van der Waals surface area contributed by atoms with Crippen molar-refractivity contribution in [1.29, 1.82) is 0 Å². The molecule has 0 aliphatic rings. The number of anilines is 1.